The normalized spacial score (nSPS) is 17.9. The summed E-state index contributed by atoms with van der Waals surface area (Å²) in [5, 5.41) is 5.32. The quantitative estimate of drug-likeness (QED) is 0.687. The van der Waals surface area contributed by atoms with E-state index in [1.54, 1.807) is 14.0 Å². The zero-order valence-corrected chi connectivity index (χ0v) is 13.1. The molecule has 2 atom stereocenters. The van der Waals surface area contributed by atoms with Crippen LogP contribution in [0.1, 0.15) is 46.0 Å². The Labute approximate surface area is 126 Å². The molecule has 1 rings (SSSR count). The smallest absolute Gasteiger partial charge is 0.309 e. The minimum atomic E-state index is -0.357. The van der Waals surface area contributed by atoms with Gasteiger partial charge in [0.15, 0.2) is 6.61 Å². The van der Waals surface area contributed by atoms with Crippen LogP contribution in [0.5, 0.6) is 0 Å². The maximum atomic E-state index is 11.8. The average molecular weight is 298 g/mol. The second kappa shape index (κ2) is 8.64. The number of carbonyl (C=O) groups is 3. The Morgan fingerprint density at radius 1 is 1.24 bits per heavy atom. The van der Waals surface area contributed by atoms with Crippen molar-refractivity contribution >= 4 is 17.8 Å². The van der Waals surface area contributed by atoms with Crippen molar-refractivity contribution in [1.82, 2.24) is 10.6 Å². The van der Waals surface area contributed by atoms with Crippen molar-refractivity contribution in [3.63, 3.8) is 0 Å². The molecule has 2 amide bonds. The lowest BCUT2D eigenvalue weighted by atomic mass is 9.98. The van der Waals surface area contributed by atoms with Crippen molar-refractivity contribution in [2.75, 3.05) is 13.7 Å². The van der Waals surface area contributed by atoms with Crippen molar-refractivity contribution in [2.24, 2.45) is 11.8 Å². The van der Waals surface area contributed by atoms with Crippen LogP contribution in [-0.2, 0) is 19.1 Å². The first-order valence-corrected chi connectivity index (χ1v) is 7.67. The predicted octanol–water partition coefficient (Wildman–Crippen LogP) is 0.997. The third-order valence-electron chi connectivity index (χ3n) is 4.08. The van der Waals surface area contributed by atoms with Crippen LogP contribution in [0.3, 0.4) is 0 Å². The number of hydrogen-bond donors (Lipinski definition) is 2. The highest BCUT2D eigenvalue weighted by molar-refractivity contribution is 5.83. The fraction of sp³-hybridized carbons (Fsp3) is 0.800. The fourth-order valence-corrected chi connectivity index (χ4v) is 2.66. The number of nitrogens with one attached hydrogen (secondary N) is 2. The van der Waals surface area contributed by atoms with Crippen molar-refractivity contribution in [3.05, 3.63) is 0 Å². The zero-order chi connectivity index (χ0) is 15.8. The fourth-order valence-electron chi connectivity index (χ4n) is 2.66. The van der Waals surface area contributed by atoms with E-state index in [1.807, 2.05) is 6.92 Å². The number of ether oxygens (including phenoxy) is 1. The molecule has 2 N–H and O–H groups in total. The maximum Gasteiger partial charge on any atom is 0.309 e. The third-order valence-corrected chi connectivity index (χ3v) is 4.08. The summed E-state index contributed by atoms with van der Waals surface area (Å²) in [6, 6.07) is -0.261. The van der Waals surface area contributed by atoms with E-state index in [0.717, 1.165) is 25.7 Å². The molecule has 1 aliphatic rings. The molecule has 0 saturated heterocycles. The molecule has 1 saturated carbocycles. The van der Waals surface area contributed by atoms with E-state index in [4.69, 9.17) is 4.74 Å². The Hall–Kier alpha value is -1.59. The lowest BCUT2D eigenvalue weighted by Gasteiger charge is -2.22. The molecule has 0 spiro atoms. The SMILES string of the molecule is CCC(NC(=O)COC(=O)C1CCCC1)[C@H](C)C(=O)NC. The lowest BCUT2D eigenvalue weighted by Crippen LogP contribution is -2.46. The Morgan fingerprint density at radius 3 is 2.38 bits per heavy atom. The van der Waals surface area contributed by atoms with Gasteiger partial charge in [0, 0.05) is 13.1 Å². The van der Waals surface area contributed by atoms with Gasteiger partial charge in [-0.3, -0.25) is 14.4 Å². The summed E-state index contributed by atoms with van der Waals surface area (Å²) in [4.78, 5) is 35.1. The highest BCUT2D eigenvalue weighted by Gasteiger charge is 2.26. The van der Waals surface area contributed by atoms with E-state index in [-0.39, 0.29) is 42.3 Å². The van der Waals surface area contributed by atoms with Crippen molar-refractivity contribution < 1.29 is 19.1 Å². The minimum Gasteiger partial charge on any atom is -0.455 e. The minimum absolute atomic E-state index is 0.0513. The molecule has 0 aliphatic heterocycles. The second-order valence-electron chi connectivity index (χ2n) is 5.57. The lowest BCUT2D eigenvalue weighted by molar-refractivity contribution is -0.152. The number of amides is 2. The standard InChI is InChI=1S/C15H26N2O4/c1-4-12(10(2)14(19)16-3)17-13(18)9-21-15(20)11-7-5-6-8-11/h10-12H,4-9H2,1-3H3,(H,16,19)(H,17,18)/t10-,12?/m0/s1. The first-order valence-electron chi connectivity index (χ1n) is 7.67. The molecule has 0 radical (unpaired) electrons. The van der Waals surface area contributed by atoms with E-state index < -0.39 is 0 Å². The number of rotatable bonds is 7. The predicted molar refractivity (Wildman–Crippen MR) is 78.4 cm³/mol. The Kier molecular flexibility index (Phi) is 7.19. The van der Waals surface area contributed by atoms with E-state index in [0.29, 0.717) is 6.42 Å². The number of carbonyl (C=O) groups excluding carboxylic acids is 3. The Bertz CT molecular complexity index is 378. The molecule has 1 aliphatic carbocycles. The van der Waals surface area contributed by atoms with Gasteiger partial charge in [-0.1, -0.05) is 26.7 Å². The molecule has 0 heterocycles. The average Bonchev–Trinajstić information content (AvgIpc) is 3.03. The molecule has 6 nitrogen and oxygen atoms in total. The zero-order valence-electron chi connectivity index (χ0n) is 13.1. The van der Waals surface area contributed by atoms with E-state index in [2.05, 4.69) is 10.6 Å². The first kappa shape index (κ1) is 17.5. The summed E-state index contributed by atoms with van der Waals surface area (Å²) >= 11 is 0. The van der Waals surface area contributed by atoms with Crippen LogP contribution >= 0.6 is 0 Å². The second-order valence-corrected chi connectivity index (χ2v) is 5.57. The van der Waals surface area contributed by atoms with Gasteiger partial charge >= 0.3 is 5.97 Å². The Balaban J connectivity index is 2.37. The van der Waals surface area contributed by atoms with Crippen LogP contribution in [-0.4, -0.2) is 37.5 Å². The molecule has 0 aromatic rings. The molecular formula is C15H26N2O4. The third kappa shape index (κ3) is 5.36. The topological polar surface area (TPSA) is 84.5 Å². The Morgan fingerprint density at radius 2 is 1.86 bits per heavy atom. The maximum absolute atomic E-state index is 11.8. The molecule has 0 bridgehead atoms. The molecule has 6 heteroatoms. The summed E-state index contributed by atoms with van der Waals surface area (Å²) in [6.07, 6.45) is 4.44. The van der Waals surface area contributed by atoms with Crippen LogP contribution in [0.25, 0.3) is 0 Å². The van der Waals surface area contributed by atoms with Gasteiger partial charge in [-0.05, 0) is 19.3 Å². The summed E-state index contributed by atoms with van der Waals surface area (Å²) < 4.78 is 5.05. The highest BCUT2D eigenvalue weighted by atomic mass is 16.5. The molecule has 1 unspecified atom stereocenters. The number of hydrogen-bond acceptors (Lipinski definition) is 4. The van der Waals surface area contributed by atoms with Crippen LogP contribution < -0.4 is 10.6 Å². The van der Waals surface area contributed by atoms with Gasteiger partial charge < -0.3 is 15.4 Å². The van der Waals surface area contributed by atoms with Gasteiger partial charge in [0.05, 0.1) is 11.8 Å². The summed E-state index contributed by atoms with van der Waals surface area (Å²) in [5.74, 6) is -1.14. The molecule has 0 aromatic heterocycles. The van der Waals surface area contributed by atoms with E-state index in [9.17, 15) is 14.4 Å². The van der Waals surface area contributed by atoms with E-state index >= 15 is 0 Å². The molecule has 0 aromatic carbocycles. The monoisotopic (exact) mass is 298 g/mol. The van der Waals surface area contributed by atoms with Crippen LogP contribution in [0.2, 0.25) is 0 Å². The molecular weight excluding hydrogens is 272 g/mol. The van der Waals surface area contributed by atoms with Crippen molar-refractivity contribution in [1.29, 1.82) is 0 Å². The number of esters is 1. The summed E-state index contributed by atoms with van der Waals surface area (Å²) in [5.41, 5.74) is 0. The van der Waals surface area contributed by atoms with E-state index in [1.165, 1.54) is 0 Å². The van der Waals surface area contributed by atoms with Crippen LogP contribution in [0.4, 0.5) is 0 Å². The van der Waals surface area contributed by atoms with Gasteiger partial charge in [0.25, 0.3) is 5.91 Å². The van der Waals surface area contributed by atoms with Crippen LogP contribution in [0.15, 0.2) is 0 Å². The van der Waals surface area contributed by atoms with Crippen molar-refractivity contribution in [3.8, 4) is 0 Å². The highest BCUT2D eigenvalue weighted by Crippen LogP contribution is 2.25. The van der Waals surface area contributed by atoms with Gasteiger partial charge in [0.1, 0.15) is 0 Å². The van der Waals surface area contributed by atoms with Gasteiger partial charge in [-0.2, -0.15) is 0 Å². The van der Waals surface area contributed by atoms with Gasteiger partial charge in [0.2, 0.25) is 5.91 Å². The first-order chi connectivity index (χ1) is 9.99. The molecule has 1 fully saturated rings. The molecule has 120 valence electrons. The van der Waals surface area contributed by atoms with Crippen molar-refractivity contribution in [2.45, 2.75) is 52.0 Å². The van der Waals surface area contributed by atoms with Gasteiger partial charge in [-0.15, -0.1) is 0 Å². The van der Waals surface area contributed by atoms with Gasteiger partial charge in [-0.25, -0.2) is 0 Å². The summed E-state index contributed by atoms with van der Waals surface area (Å²) in [6.45, 7) is 3.39. The van der Waals surface area contributed by atoms with Crippen LogP contribution in [0, 0.1) is 11.8 Å². The molecule has 21 heavy (non-hydrogen) atoms. The summed E-state index contributed by atoms with van der Waals surface area (Å²) in [7, 11) is 1.57. The largest absolute Gasteiger partial charge is 0.455 e.